The van der Waals surface area contributed by atoms with Crippen LogP contribution in [-0.2, 0) is 9.53 Å². The summed E-state index contributed by atoms with van der Waals surface area (Å²) in [6.07, 6.45) is 2.68. The number of carbonyl (C=O) groups excluding carboxylic acids is 1. The van der Waals surface area contributed by atoms with Crippen LogP contribution in [0.1, 0.15) is 25.7 Å². The number of rotatable bonds is 1. The maximum Gasteiger partial charge on any atom is 0.326 e. The van der Waals surface area contributed by atoms with E-state index in [0.717, 1.165) is 19.3 Å². The van der Waals surface area contributed by atoms with E-state index < -0.39 is 11.6 Å². The van der Waals surface area contributed by atoms with Crippen molar-refractivity contribution >= 4 is 5.97 Å². The van der Waals surface area contributed by atoms with E-state index in [1.165, 1.54) is 7.11 Å². The number of aliphatic hydroxyl groups excluding tert-OH is 1. The Morgan fingerprint density at radius 2 is 2.23 bits per heavy atom. The van der Waals surface area contributed by atoms with Crippen molar-refractivity contribution in [2.24, 2.45) is 11.1 Å². The minimum absolute atomic E-state index is 0.347. The van der Waals surface area contributed by atoms with Crippen molar-refractivity contribution in [3.63, 3.8) is 0 Å². The molecule has 74 valence electrons. The lowest BCUT2D eigenvalue weighted by atomic mass is 9.44. The van der Waals surface area contributed by atoms with Gasteiger partial charge < -0.3 is 15.6 Å². The first-order valence-electron chi connectivity index (χ1n) is 4.62. The maximum atomic E-state index is 11.4. The van der Waals surface area contributed by atoms with Crippen LogP contribution in [0.4, 0.5) is 0 Å². The van der Waals surface area contributed by atoms with Crippen molar-refractivity contribution in [1.29, 1.82) is 0 Å². The predicted octanol–water partition coefficient (Wildman–Crippen LogP) is -0.208. The maximum absolute atomic E-state index is 11.4. The SMILES string of the molecule is COC(=O)[C@@]1(N)C[C@@H](O)C12CCC2. The van der Waals surface area contributed by atoms with E-state index in [9.17, 15) is 9.90 Å². The molecule has 4 nitrogen and oxygen atoms in total. The first-order valence-corrected chi connectivity index (χ1v) is 4.62. The van der Waals surface area contributed by atoms with Crippen LogP contribution >= 0.6 is 0 Å². The van der Waals surface area contributed by atoms with E-state index in [2.05, 4.69) is 4.74 Å². The van der Waals surface area contributed by atoms with Gasteiger partial charge in [-0.15, -0.1) is 0 Å². The largest absolute Gasteiger partial charge is 0.468 e. The summed E-state index contributed by atoms with van der Waals surface area (Å²) < 4.78 is 4.66. The summed E-state index contributed by atoms with van der Waals surface area (Å²) in [5, 5.41) is 9.61. The number of hydrogen-bond acceptors (Lipinski definition) is 4. The van der Waals surface area contributed by atoms with Crippen LogP contribution in [0.15, 0.2) is 0 Å². The minimum atomic E-state index is -0.917. The molecule has 0 aliphatic heterocycles. The Kier molecular flexibility index (Phi) is 1.69. The molecule has 13 heavy (non-hydrogen) atoms. The Hall–Kier alpha value is -0.610. The van der Waals surface area contributed by atoms with Crippen LogP contribution in [0.3, 0.4) is 0 Å². The third-order valence-electron chi connectivity index (χ3n) is 3.84. The number of nitrogens with two attached hydrogens (primary N) is 1. The van der Waals surface area contributed by atoms with Crippen molar-refractivity contribution in [3.8, 4) is 0 Å². The van der Waals surface area contributed by atoms with E-state index in [0.29, 0.717) is 6.42 Å². The molecule has 0 aromatic heterocycles. The van der Waals surface area contributed by atoms with Gasteiger partial charge in [-0.1, -0.05) is 6.42 Å². The zero-order valence-corrected chi connectivity index (χ0v) is 7.75. The van der Waals surface area contributed by atoms with Gasteiger partial charge in [-0.3, -0.25) is 4.79 Å². The van der Waals surface area contributed by atoms with E-state index in [1.54, 1.807) is 0 Å². The van der Waals surface area contributed by atoms with Gasteiger partial charge in [0.1, 0.15) is 5.54 Å². The summed E-state index contributed by atoms with van der Waals surface area (Å²) >= 11 is 0. The lowest BCUT2D eigenvalue weighted by molar-refractivity contribution is -0.207. The van der Waals surface area contributed by atoms with Crippen molar-refractivity contribution in [1.82, 2.24) is 0 Å². The summed E-state index contributed by atoms with van der Waals surface area (Å²) in [4.78, 5) is 11.4. The summed E-state index contributed by atoms with van der Waals surface area (Å²) in [7, 11) is 1.34. The van der Waals surface area contributed by atoms with Crippen molar-refractivity contribution < 1.29 is 14.6 Å². The van der Waals surface area contributed by atoms with Crippen LogP contribution in [0.5, 0.6) is 0 Å². The monoisotopic (exact) mass is 185 g/mol. The molecule has 0 unspecified atom stereocenters. The molecule has 1 spiro atoms. The van der Waals surface area contributed by atoms with Crippen LogP contribution in [0.25, 0.3) is 0 Å². The molecule has 2 fully saturated rings. The third kappa shape index (κ3) is 0.802. The quantitative estimate of drug-likeness (QED) is 0.554. The van der Waals surface area contributed by atoms with E-state index in [4.69, 9.17) is 5.73 Å². The number of aliphatic hydroxyl groups is 1. The van der Waals surface area contributed by atoms with Gasteiger partial charge in [-0.05, 0) is 12.8 Å². The Morgan fingerprint density at radius 3 is 2.54 bits per heavy atom. The lowest BCUT2D eigenvalue weighted by Gasteiger charge is -2.63. The molecule has 2 saturated carbocycles. The fourth-order valence-corrected chi connectivity index (χ4v) is 2.68. The zero-order valence-electron chi connectivity index (χ0n) is 7.75. The molecule has 0 heterocycles. The summed E-state index contributed by atoms with van der Waals surface area (Å²) in [5.74, 6) is -0.377. The number of ether oxygens (including phenoxy) is 1. The summed E-state index contributed by atoms with van der Waals surface area (Å²) in [6, 6.07) is 0. The Labute approximate surface area is 77.1 Å². The van der Waals surface area contributed by atoms with E-state index >= 15 is 0 Å². The van der Waals surface area contributed by atoms with Gasteiger partial charge >= 0.3 is 5.97 Å². The van der Waals surface area contributed by atoms with Crippen LogP contribution < -0.4 is 5.73 Å². The lowest BCUT2D eigenvalue weighted by Crippen LogP contribution is -2.77. The fraction of sp³-hybridized carbons (Fsp3) is 0.889. The molecule has 2 aliphatic rings. The fourth-order valence-electron chi connectivity index (χ4n) is 2.68. The molecule has 0 amide bonds. The molecule has 0 aromatic carbocycles. The van der Waals surface area contributed by atoms with Crippen molar-refractivity contribution in [2.75, 3.05) is 7.11 Å². The predicted molar refractivity (Wildman–Crippen MR) is 45.8 cm³/mol. The Bertz CT molecular complexity index is 249. The van der Waals surface area contributed by atoms with E-state index in [-0.39, 0.29) is 11.4 Å². The molecule has 2 atom stereocenters. The molecule has 3 N–H and O–H groups in total. The van der Waals surface area contributed by atoms with E-state index in [1.807, 2.05) is 0 Å². The number of methoxy groups -OCH3 is 1. The average Bonchev–Trinajstić information content (AvgIpc) is 1.98. The Morgan fingerprint density at radius 1 is 1.62 bits per heavy atom. The smallest absolute Gasteiger partial charge is 0.326 e. The van der Waals surface area contributed by atoms with Gasteiger partial charge in [-0.2, -0.15) is 0 Å². The molecule has 0 radical (unpaired) electrons. The number of esters is 1. The van der Waals surface area contributed by atoms with Crippen LogP contribution in [-0.4, -0.2) is 29.8 Å². The molecule has 4 heteroatoms. The van der Waals surface area contributed by atoms with Gasteiger partial charge in [-0.25, -0.2) is 0 Å². The second kappa shape index (κ2) is 2.45. The van der Waals surface area contributed by atoms with Crippen LogP contribution in [0.2, 0.25) is 0 Å². The van der Waals surface area contributed by atoms with Gasteiger partial charge in [0.05, 0.1) is 13.2 Å². The molecular formula is C9H15NO3. The molecule has 0 bridgehead atoms. The van der Waals surface area contributed by atoms with Gasteiger partial charge in [0.2, 0.25) is 0 Å². The normalized spacial score (nSPS) is 40.7. The minimum Gasteiger partial charge on any atom is -0.468 e. The number of carbonyl (C=O) groups is 1. The van der Waals surface area contributed by atoms with Crippen molar-refractivity contribution in [3.05, 3.63) is 0 Å². The zero-order chi connectivity index (χ0) is 9.69. The topological polar surface area (TPSA) is 72.5 Å². The van der Waals surface area contributed by atoms with Crippen molar-refractivity contribution in [2.45, 2.75) is 37.3 Å². The molecule has 2 aliphatic carbocycles. The first-order chi connectivity index (χ1) is 6.07. The summed E-state index contributed by atoms with van der Waals surface area (Å²) in [6.45, 7) is 0. The highest BCUT2D eigenvalue weighted by Crippen LogP contribution is 2.61. The standard InChI is InChI=1S/C9H15NO3/c1-13-7(12)9(10)5-6(11)8(9)3-2-4-8/h6,11H,2-5,10H2,1H3/t6-,9+/m1/s1. The first kappa shape index (κ1) is 8.97. The highest BCUT2D eigenvalue weighted by atomic mass is 16.5. The number of hydrogen-bond donors (Lipinski definition) is 2. The average molecular weight is 185 g/mol. The molecule has 0 saturated heterocycles. The molecular weight excluding hydrogens is 170 g/mol. The summed E-state index contributed by atoms with van der Waals surface area (Å²) in [5.41, 5.74) is 4.67. The Balaban J connectivity index is 2.21. The van der Waals surface area contributed by atoms with Gasteiger partial charge in [0.15, 0.2) is 0 Å². The second-order valence-electron chi connectivity index (χ2n) is 4.19. The third-order valence-corrected chi connectivity index (χ3v) is 3.84. The van der Waals surface area contributed by atoms with Crippen LogP contribution in [0, 0.1) is 5.41 Å². The van der Waals surface area contributed by atoms with Gasteiger partial charge in [0.25, 0.3) is 0 Å². The highest BCUT2D eigenvalue weighted by Gasteiger charge is 2.70. The highest BCUT2D eigenvalue weighted by molar-refractivity contribution is 5.84. The second-order valence-corrected chi connectivity index (χ2v) is 4.19. The molecule has 0 aromatic rings. The van der Waals surface area contributed by atoms with Gasteiger partial charge in [0, 0.05) is 11.8 Å². The molecule has 2 rings (SSSR count).